The molecule has 0 aliphatic carbocycles. The summed E-state index contributed by atoms with van der Waals surface area (Å²) < 4.78 is 18.1. The van der Waals surface area contributed by atoms with Crippen LogP contribution in [0.15, 0.2) is 48.5 Å². The van der Waals surface area contributed by atoms with E-state index in [2.05, 4.69) is 4.90 Å². The molecule has 1 aliphatic rings. The highest BCUT2D eigenvalue weighted by atomic mass is 19.1. The summed E-state index contributed by atoms with van der Waals surface area (Å²) in [6.07, 6.45) is 0. The van der Waals surface area contributed by atoms with Gasteiger partial charge in [0.2, 0.25) is 0 Å². The molecule has 1 saturated heterocycles. The summed E-state index contributed by atoms with van der Waals surface area (Å²) in [4.78, 5) is 16.7. The first-order chi connectivity index (χ1) is 11.7. The van der Waals surface area contributed by atoms with Crippen LogP contribution in [-0.2, 0) is 6.54 Å². The van der Waals surface area contributed by atoms with Crippen molar-refractivity contribution in [3.63, 3.8) is 0 Å². The van der Waals surface area contributed by atoms with Gasteiger partial charge in [-0.05, 0) is 42.0 Å². The largest absolute Gasteiger partial charge is 0.497 e. The van der Waals surface area contributed by atoms with E-state index < -0.39 is 0 Å². The van der Waals surface area contributed by atoms with Gasteiger partial charge in [0.25, 0.3) is 5.91 Å². The molecule has 0 saturated carbocycles. The molecule has 5 heteroatoms. The van der Waals surface area contributed by atoms with Crippen molar-refractivity contribution in [2.75, 3.05) is 33.3 Å². The summed E-state index contributed by atoms with van der Waals surface area (Å²) in [6.45, 7) is 3.82. The van der Waals surface area contributed by atoms with Gasteiger partial charge < -0.3 is 9.64 Å². The number of benzene rings is 2. The summed E-state index contributed by atoms with van der Waals surface area (Å²) in [6, 6.07) is 13.8. The minimum Gasteiger partial charge on any atom is -0.497 e. The Bertz CT molecular complexity index is 678. The van der Waals surface area contributed by atoms with E-state index in [1.165, 1.54) is 12.1 Å². The van der Waals surface area contributed by atoms with Crippen molar-refractivity contribution in [3.8, 4) is 5.75 Å². The minimum atomic E-state index is -0.214. The van der Waals surface area contributed by atoms with Gasteiger partial charge in [-0.15, -0.1) is 0 Å². The minimum absolute atomic E-state index is 0.0547. The lowest BCUT2D eigenvalue weighted by molar-refractivity contribution is 0.0628. The second-order valence-electron chi connectivity index (χ2n) is 5.92. The normalized spacial score (nSPS) is 15.3. The van der Waals surface area contributed by atoms with Crippen LogP contribution in [0.3, 0.4) is 0 Å². The van der Waals surface area contributed by atoms with Crippen LogP contribution in [0.4, 0.5) is 4.39 Å². The van der Waals surface area contributed by atoms with Gasteiger partial charge in [-0.1, -0.05) is 12.1 Å². The van der Waals surface area contributed by atoms with Gasteiger partial charge in [0.1, 0.15) is 11.6 Å². The average Bonchev–Trinajstić information content (AvgIpc) is 2.64. The molecule has 2 aromatic rings. The zero-order valence-corrected chi connectivity index (χ0v) is 13.7. The average molecular weight is 328 g/mol. The standard InChI is InChI=1S/C19H21FN2O2/c1-24-18-8-4-16(5-9-18)19(23)22-12-10-21(11-13-22)14-15-2-6-17(20)7-3-15/h2-9H,10-14H2,1H3. The first kappa shape index (κ1) is 16.5. The number of carbonyl (C=O) groups excluding carboxylic acids is 1. The predicted octanol–water partition coefficient (Wildman–Crippen LogP) is 2.79. The molecule has 126 valence electrons. The predicted molar refractivity (Wildman–Crippen MR) is 90.6 cm³/mol. The number of piperazine rings is 1. The fourth-order valence-corrected chi connectivity index (χ4v) is 2.87. The van der Waals surface area contributed by atoms with Gasteiger partial charge in [0.05, 0.1) is 7.11 Å². The highest BCUT2D eigenvalue weighted by Crippen LogP contribution is 2.15. The lowest BCUT2D eigenvalue weighted by atomic mass is 10.1. The van der Waals surface area contributed by atoms with Crippen LogP contribution < -0.4 is 4.74 Å². The number of halogens is 1. The third-order valence-electron chi connectivity index (χ3n) is 4.32. The van der Waals surface area contributed by atoms with Crippen molar-refractivity contribution in [2.24, 2.45) is 0 Å². The van der Waals surface area contributed by atoms with Crippen LogP contribution in [0.1, 0.15) is 15.9 Å². The molecule has 24 heavy (non-hydrogen) atoms. The van der Waals surface area contributed by atoms with E-state index in [9.17, 15) is 9.18 Å². The zero-order chi connectivity index (χ0) is 16.9. The van der Waals surface area contributed by atoms with E-state index in [0.717, 1.165) is 30.9 Å². The van der Waals surface area contributed by atoms with Crippen molar-refractivity contribution in [2.45, 2.75) is 6.54 Å². The summed E-state index contributed by atoms with van der Waals surface area (Å²) in [5, 5.41) is 0. The molecule has 1 aliphatic heterocycles. The molecule has 0 N–H and O–H groups in total. The van der Waals surface area contributed by atoms with Gasteiger partial charge in [-0.3, -0.25) is 9.69 Å². The van der Waals surface area contributed by atoms with Crippen molar-refractivity contribution in [3.05, 3.63) is 65.5 Å². The highest BCUT2D eigenvalue weighted by molar-refractivity contribution is 5.94. The van der Waals surface area contributed by atoms with E-state index in [0.29, 0.717) is 18.7 Å². The molecule has 1 fully saturated rings. The van der Waals surface area contributed by atoms with Crippen LogP contribution in [0, 0.1) is 5.82 Å². The second-order valence-corrected chi connectivity index (χ2v) is 5.92. The smallest absolute Gasteiger partial charge is 0.253 e. The SMILES string of the molecule is COc1ccc(C(=O)N2CCN(Cc3ccc(F)cc3)CC2)cc1. The van der Waals surface area contributed by atoms with Crippen molar-refractivity contribution >= 4 is 5.91 Å². The lowest BCUT2D eigenvalue weighted by Crippen LogP contribution is -2.48. The van der Waals surface area contributed by atoms with Crippen LogP contribution in [-0.4, -0.2) is 49.0 Å². The van der Waals surface area contributed by atoms with E-state index in [4.69, 9.17) is 4.74 Å². The van der Waals surface area contributed by atoms with Gasteiger partial charge >= 0.3 is 0 Å². The van der Waals surface area contributed by atoms with E-state index >= 15 is 0 Å². The summed E-state index contributed by atoms with van der Waals surface area (Å²) in [7, 11) is 1.61. The molecule has 0 radical (unpaired) electrons. The molecular weight excluding hydrogens is 307 g/mol. The summed E-state index contributed by atoms with van der Waals surface area (Å²) in [5.41, 5.74) is 1.77. The maximum atomic E-state index is 12.9. The Balaban J connectivity index is 1.54. The number of carbonyl (C=O) groups is 1. The molecule has 0 atom stereocenters. The summed E-state index contributed by atoms with van der Waals surface area (Å²) in [5.74, 6) is 0.586. The first-order valence-electron chi connectivity index (χ1n) is 8.06. The fraction of sp³-hybridized carbons (Fsp3) is 0.316. The third-order valence-corrected chi connectivity index (χ3v) is 4.32. The number of amides is 1. The van der Waals surface area contributed by atoms with Crippen molar-refractivity contribution < 1.29 is 13.9 Å². The Labute approximate surface area is 141 Å². The number of ether oxygens (including phenoxy) is 1. The summed E-state index contributed by atoms with van der Waals surface area (Å²) >= 11 is 0. The van der Waals surface area contributed by atoms with E-state index in [-0.39, 0.29) is 11.7 Å². The first-order valence-corrected chi connectivity index (χ1v) is 8.06. The van der Waals surface area contributed by atoms with Crippen molar-refractivity contribution in [1.29, 1.82) is 0 Å². The third kappa shape index (κ3) is 3.92. The fourth-order valence-electron chi connectivity index (χ4n) is 2.87. The molecule has 2 aromatic carbocycles. The molecule has 4 nitrogen and oxygen atoms in total. The monoisotopic (exact) mass is 328 g/mol. The Kier molecular flexibility index (Phi) is 5.11. The van der Waals surface area contributed by atoms with Crippen LogP contribution in [0.2, 0.25) is 0 Å². The molecule has 0 aromatic heterocycles. The van der Waals surface area contributed by atoms with Crippen molar-refractivity contribution in [1.82, 2.24) is 9.80 Å². The van der Waals surface area contributed by atoms with Crippen LogP contribution >= 0.6 is 0 Å². The quantitative estimate of drug-likeness (QED) is 0.865. The second kappa shape index (κ2) is 7.45. The number of rotatable bonds is 4. The molecular formula is C19H21FN2O2. The molecule has 3 rings (SSSR count). The molecule has 0 unspecified atom stereocenters. The molecule has 1 heterocycles. The van der Waals surface area contributed by atoms with Crippen LogP contribution in [0.25, 0.3) is 0 Å². The Hall–Kier alpha value is -2.40. The maximum Gasteiger partial charge on any atom is 0.253 e. The highest BCUT2D eigenvalue weighted by Gasteiger charge is 2.22. The van der Waals surface area contributed by atoms with Gasteiger partial charge in [-0.25, -0.2) is 4.39 Å². The number of nitrogens with zero attached hydrogens (tertiary/aromatic N) is 2. The van der Waals surface area contributed by atoms with Gasteiger partial charge in [0, 0.05) is 38.3 Å². The Morgan fingerprint density at radius 3 is 2.21 bits per heavy atom. The van der Waals surface area contributed by atoms with E-state index in [1.54, 1.807) is 31.4 Å². The van der Waals surface area contributed by atoms with Gasteiger partial charge in [-0.2, -0.15) is 0 Å². The molecule has 1 amide bonds. The van der Waals surface area contributed by atoms with Crippen LogP contribution in [0.5, 0.6) is 5.75 Å². The lowest BCUT2D eigenvalue weighted by Gasteiger charge is -2.34. The number of hydrogen-bond donors (Lipinski definition) is 0. The van der Waals surface area contributed by atoms with E-state index in [1.807, 2.05) is 17.0 Å². The maximum absolute atomic E-state index is 12.9. The zero-order valence-electron chi connectivity index (χ0n) is 13.7. The topological polar surface area (TPSA) is 32.8 Å². The molecule has 0 spiro atoms. The van der Waals surface area contributed by atoms with Gasteiger partial charge in [0.15, 0.2) is 0 Å². The Morgan fingerprint density at radius 2 is 1.62 bits per heavy atom. The number of methoxy groups -OCH3 is 1. The Morgan fingerprint density at radius 1 is 1.00 bits per heavy atom. The molecule has 0 bridgehead atoms. The number of hydrogen-bond acceptors (Lipinski definition) is 3.